The van der Waals surface area contributed by atoms with Crippen molar-refractivity contribution >= 4 is 0 Å². The van der Waals surface area contributed by atoms with Crippen LogP contribution in [0.2, 0.25) is 0 Å². The average Bonchev–Trinajstić information content (AvgIpc) is 2.23. The topological polar surface area (TPSA) is 24.1 Å². The monoisotopic (exact) mass is 186 g/mol. The molecule has 0 bridgehead atoms. The van der Waals surface area contributed by atoms with Gasteiger partial charge >= 0.3 is 5.88 Å². The molecular weight excluding hydrogens is 174 g/mol. The van der Waals surface area contributed by atoms with Gasteiger partial charge in [-0.3, -0.25) is 0 Å². The Morgan fingerprint density at radius 1 is 0.929 bits per heavy atom. The third-order valence-corrected chi connectivity index (χ3v) is 2.11. The summed E-state index contributed by atoms with van der Waals surface area (Å²) in [7, 11) is 0. The van der Waals surface area contributed by atoms with Crippen LogP contribution < -0.4 is 4.57 Å². The molecule has 0 spiro atoms. The van der Waals surface area contributed by atoms with Gasteiger partial charge in [0.15, 0.2) is 12.7 Å². The molecule has 0 atom stereocenters. The second-order valence-electron chi connectivity index (χ2n) is 3.17. The number of pyridine rings is 1. The molecule has 0 saturated carbocycles. The van der Waals surface area contributed by atoms with Gasteiger partial charge in [0, 0.05) is 11.6 Å². The molecule has 0 aliphatic heterocycles. The highest BCUT2D eigenvalue weighted by Gasteiger charge is 2.06. The smallest absolute Gasteiger partial charge is 0.365 e. The van der Waals surface area contributed by atoms with E-state index < -0.39 is 0 Å². The normalized spacial score (nSPS) is 10.0. The van der Waals surface area contributed by atoms with Gasteiger partial charge < -0.3 is 5.11 Å². The fourth-order valence-corrected chi connectivity index (χ4v) is 1.38. The predicted octanol–water partition coefficient (Wildman–Crippen LogP) is 1.73. The van der Waals surface area contributed by atoms with Crippen molar-refractivity contribution in [1.82, 2.24) is 0 Å². The van der Waals surface area contributed by atoms with Crippen LogP contribution in [0.1, 0.15) is 5.56 Å². The minimum absolute atomic E-state index is 0.288. The summed E-state index contributed by atoms with van der Waals surface area (Å²) in [5.41, 5.74) is 1.18. The van der Waals surface area contributed by atoms with Crippen molar-refractivity contribution in [2.45, 2.75) is 6.54 Å². The first-order valence-corrected chi connectivity index (χ1v) is 4.57. The number of nitrogens with zero attached hydrogens (tertiary/aromatic N) is 1. The van der Waals surface area contributed by atoms with Crippen molar-refractivity contribution in [1.29, 1.82) is 0 Å². The number of aromatic hydroxyl groups is 1. The molecule has 2 heteroatoms. The van der Waals surface area contributed by atoms with Crippen molar-refractivity contribution < 1.29 is 9.67 Å². The van der Waals surface area contributed by atoms with Gasteiger partial charge in [-0.1, -0.05) is 30.3 Å². The van der Waals surface area contributed by atoms with Gasteiger partial charge in [-0.15, -0.1) is 0 Å². The number of benzene rings is 1. The Bertz CT molecular complexity index is 412. The van der Waals surface area contributed by atoms with E-state index in [1.54, 1.807) is 10.6 Å². The number of aromatic nitrogens is 1. The van der Waals surface area contributed by atoms with Crippen LogP contribution in [0.3, 0.4) is 0 Å². The maximum absolute atomic E-state index is 9.53. The van der Waals surface area contributed by atoms with Crippen LogP contribution >= 0.6 is 0 Å². The lowest BCUT2D eigenvalue weighted by atomic mass is 10.2. The SMILES string of the molecule is Oc1cccc[n+]1Cc1ccccc1. The highest BCUT2D eigenvalue weighted by Crippen LogP contribution is 2.02. The van der Waals surface area contributed by atoms with Crippen LogP contribution in [0.5, 0.6) is 5.88 Å². The summed E-state index contributed by atoms with van der Waals surface area (Å²) in [6.45, 7) is 0.702. The van der Waals surface area contributed by atoms with Crippen molar-refractivity contribution in [2.24, 2.45) is 0 Å². The lowest BCUT2D eigenvalue weighted by Gasteiger charge is -1.98. The van der Waals surface area contributed by atoms with Gasteiger partial charge in [-0.2, -0.15) is 4.57 Å². The molecule has 14 heavy (non-hydrogen) atoms. The van der Waals surface area contributed by atoms with Crippen molar-refractivity contribution in [3.8, 4) is 5.88 Å². The minimum atomic E-state index is 0.288. The molecule has 1 aromatic heterocycles. The molecular formula is C12H12NO+. The van der Waals surface area contributed by atoms with Crippen molar-refractivity contribution in [3.63, 3.8) is 0 Å². The molecule has 1 heterocycles. The summed E-state index contributed by atoms with van der Waals surface area (Å²) in [4.78, 5) is 0. The van der Waals surface area contributed by atoms with Crippen molar-refractivity contribution in [3.05, 3.63) is 60.3 Å². The standard InChI is InChI=1S/C12H11NO/c14-12-8-4-5-9-13(12)10-11-6-2-1-3-7-11/h1-9H,10H2/p+1. The number of rotatable bonds is 2. The van der Waals surface area contributed by atoms with E-state index in [4.69, 9.17) is 0 Å². The van der Waals surface area contributed by atoms with Crippen LogP contribution in [0.15, 0.2) is 54.7 Å². The molecule has 0 aliphatic carbocycles. The predicted molar refractivity (Wildman–Crippen MR) is 53.8 cm³/mol. The van der Waals surface area contributed by atoms with Gasteiger partial charge in [0.2, 0.25) is 0 Å². The van der Waals surface area contributed by atoms with E-state index in [1.165, 1.54) is 5.56 Å². The molecule has 2 rings (SSSR count). The number of hydrogen-bond donors (Lipinski definition) is 1. The molecule has 1 aromatic carbocycles. The van der Waals surface area contributed by atoms with E-state index in [9.17, 15) is 5.11 Å². The van der Waals surface area contributed by atoms with Crippen LogP contribution in [0.25, 0.3) is 0 Å². The first kappa shape index (κ1) is 8.75. The Hall–Kier alpha value is -1.83. The van der Waals surface area contributed by atoms with Gasteiger partial charge in [-0.05, 0) is 6.07 Å². The zero-order valence-corrected chi connectivity index (χ0v) is 7.80. The van der Waals surface area contributed by atoms with Crippen LogP contribution in [0, 0.1) is 0 Å². The van der Waals surface area contributed by atoms with Gasteiger partial charge in [0.1, 0.15) is 0 Å². The Labute approximate surface area is 83.1 Å². The first-order valence-electron chi connectivity index (χ1n) is 4.57. The maximum atomic E-state index is 9.53. The molecule has 0 unspecified atom stereocenters. The van der Waals surface area contributed by atoms with Gasteiger partial charge in [0.25, 0.3) is 0 Å². The largest absolute Gasteiger partial charge is 0.460 e. The Balaban J connectivity index is 2.24. The summed E-state index contributed by atoms with van der Waals surface area (Å²) in [5.74, 6) is 0.288. The van der Waals surface area contributed by atoms with Crippen LogP contribution in [0.4, 0.5) is 0 Å². The molecule has 0 aliphatic rings. The molecule has 70 valence electrons. The zero-order chi connectivity index (χ0) is 9.80. The van der Waals surface area contributed by atoms with E-state index in [0.29, 0.717) is 6.54 Å². The summed E-state index contributed by atoms with van der Waals surface area (Å²) < 4.78 is 1.80. The molecule has 1 N–H and O–H groups in total. The molecule has 0 amide bonds. The quantitative estimate of drug-likeness (QED) is 0.709. The zero-order valence-electron chi connectivity index (χ0n) is 7.80. The van der Waals surface area contributed by atoms with Crippen molar-refractivity contribution in [2.75, 3.05) is 0 Å². The fraction of sp³-hybridized carbons (Fsp3) is 0.0833. The highest BCUT2D eigenvalue weighted by atomic mass is 16.3. The Morgan fingerprint density at radius 2 is 1.64 bits per heavy atom. The molecule has 2 aromatic rings. The summed E-state index contributed by atoms with van der Waals surface area (Å²) >= 11 is 0. The maximum Gasteiger partial charge on any atom is 0.365 e. The molecule has 2 nitrogen and oxygen atoms in total. The molecule has 0 saturated heterocycles. The molecule has 0 fully saturated rings. The Kier molecular flexibility index (Phi) is 2.45. The fourth-order valence-electron chi connectivity index (χ4n) is 1.38. The lowest BCUT2D eigenvalue weighted by molar-refractivity contribution is -0.694. The minimum Gasteiger partial charge on any atom is -0.460 e. The van der Waals surface area contributed by atoms with Gasteiger partial charge in [-0.25, -0.2) is 0 Å². The third kappa shape index (κ3) is 1.91. The Morgan fingerprint density at radius 3 is 2.36 bits per heavy atom. The second-order valence-corrected chi connectivity index (χ2v) is 3.17. The van der Waals surface area contributed by atoms with E-state index in [1.807, 2.05) is 48.7 Å². The van der Waals surface area contributed by atoms with Crippen LogP contribution in [-0.2, 0) is 6.54 Å². The number of hydrogen-bond acceptors (Lipinski definition) is 1. The summed E-state index contributed by atoms with van der Waals surface area (Å²) in [6, 6.07) is 15.5. The second kappa shape index (κ2) is 3.92. The van der Waals surface area contributed by atoms with Gasteiger partial charge in [0.05, 0.1) is 6.07 Å². The molecule has 0 radical (unpaired) electrons. The van der Waals surface area contributed by atoms with E-state index in [0.717, 1.165) is 0 Å². The van der Waals surface area contributed by atoms with E-state index >= 15 is 0 Å². The van der Waals surface area contributed by atoms with Crippen LogP contribution in [-0.4, -0.2) is 5.11 Å². The summed E-state index contributed by atoms with van der Waals surface area (Å²) in [5, 5.41) is 9.53. The van der Waals surface area contributed by atoms with E-state index in [2.05, 4.69) is 0 Å². The summed E-state index contributed by atoms with van der Waals surface area (Å²) in [6.07, 6.45) is 1.86. The lowest BCUT2D eigenvalue weighted by Crippen LogP contribution is -2.33. The average molecular weight is 186 g/mol. The highest BCUT2D eigenvalue weighted by molar-refractivity contribution is 5.13. The third-order valence-electron chi connectivity index (χ3n) is 2.11. The first-order chi connectivity index (χ1) is 6.86. The van der Waals surface area contributed by atoms with E-state index in [-0.39, 0.29) is 5.88 Å².